The molecule has 4 heteroatoms. The molecule has 0 saturated heterocycles. The molecule has 0 unspecified atom stereocenters. The number of nitrogen functional groups attached to an aromatic ring is 1. The standard InChI is InChI=1S/C10H9FN2O/c1-6-9(13-10(12)14-6)7-2-4-8(11)5-3-7/h2-5H,1H3,(H2,12,13). The minimum atomic E-state index is -0.275. The van der Waals surface area contributed by atoms with E-state index in [0.29, 0.717) is 11.5 Å². The molecule has 0 aliphatic heterocycles. The van der Waals surface area contributed by atoms with Crippen LogP contribution in [0.15, 0.2) is 28.7 Å². The zero-order valence-corrected chi connectivity index (χ0v) is 7.62. The van der Waals surface area contributed by atoms with Gasteiger partial charge in [-0.2, -0.15) is 4.98 Å². The zero-order valence-electron chi connectivity index (χ0n) is 7.62. The van der Waals surface area contributed by atoms with E-state index in [1.165, 1.54) is 12.1 Å². The molecule has 0 saturated carbocycles. The number of benzene rings is 1. The van der Waals surface area contributed by atoms with Crippen molar-refractivity contribution in [3.05, 3.63) is 35.8 Å². The Balaban J connectivity index is 2.49. The van der Waals surface area contributed by atoms with Crippen LogP contribution in [0.2, 0.25) is 0 Å². The molecule has 72 valence electrons. The number of nitrogens with zero attached hydrogens (tertiary/aromatic N) is 1. The van der Waals surface area contributed by atoms with Crippen molar-refractivity contribution in [2.24, 2.45) is 0 Å². The van der Waals surface area contributed by atoms with E-state index in [1.54, 1.807) is 19.1 Å². The first kappa shape index (κ1) is 8.74. The fourth-order valence-corrected chi connectivity index (χ4v) is 1.29. The summed E-state index contributed by atoms with van der Waals surface area (Å²) >= 11 is 0. The fourth-order valence-electron chi connectivity index (χ4n) is 1.29. The van der Waals surface area contributed by atoms with Crippen molar-refractivity contribution in [1.82, 2.24) is 4.98 Å². The number of rotatable bonds is 1. The van der Waals surface area contributed by atoms with Gasteiger partial charge in [0.15, 0.2) is 0 Å². The van der Waals surface area contributed by atoms with E-state index in [0.717, 1.165) is 5.56 Å². The average molecular weight is 192 g/mol. The molecule has 0 bridgehead atoms. The van der Waals surface area contributed by atoms with Gasteiger partial charge < -0.3 is 10.2 Å². The third kappa shape index (κ3) is 1.46. The quantitative estimate of drug-likeness (QED) is 0.754. The van der Waals surface area contributed by atoms with Crippen molar-refractivity contribution in [1.29, 1.82) is 0 Å². The molecule has 0 radical (unpaired) electrons. The summed E-state index contributed by atoms with van der Waals surface area (Å²) in [5, 5.41) is 0. The van der Waals surface area contributed by atoms with Gasteiger partial charge in [0.2, 0.25) is 0 Å². The maximum atomic E-state index is 12.6. The van der Waals surface area contributed by atoms with Crippen LogP contribution in [0.25, 0.3) is 11.3 Å². The first-order valence-corrected chi connectivity index (χ1v) is 4.15. The summed E-state index contributed by atoms with van der Waals surface area (Å²) in [5.74, 6) is 0.358. The first-order valence-electron chi connectivity index (χ1n) is 4.15. The second kappa shape index (κ2) is 3.14. The summed E-state index contributed by atoms with van der Waals surface area (Å²) < 4.78 is 17.7. The Morgan fingerprint density at radius 1 is 1.29 bits per heavy atom. The van der Waals surface area contributed by atoms with E-state index in [-0.39, 0.29) is 11.8 Å². The van der Waals surface area contributed by atoms with Crippen LogP contribution < -0.4 is 5.73 Å². The van der Waals surface area contributed by atoms with Crippen LogP contribution in [0.1, 0.15) is 5.76 Å². The van der Waals surface area contributed by atoms with Gasteiger partial charge in [-0.25, -0.2) is 4.39 Å². The molecule has 0 fully saturated rings. The number of anilines is 1. The molecular formula is C10H9FN2O. The lowest BCUT2D eigenvalue weighted by Crippen LogP contribution is -1.84. The molecule has 2 rings (SSSR count). The molecular weight excluding hydrogens is 183 g/mol. The van der Waals surface area contributed by atoms with Gasteiger partial charge >= 0.3 is 0 Å². The maximum absolute atomic E-state index is 12.6. The van der Waals surface area contributed by atoms with E-state index in [2.05, 4.69) is 4.98 Å². The summed E-state index contributed by atoms with van der Waals surface area (Å²) in [5.41, 5.74) is 6.85. The second-order valence-corrected chi connectivity index (χ2v) is 2.96. The van der Waals surface area contributed by atoms with E-state index in [1.807, 2.05) is 0 Å². The van der Waals surface area contributed by atoms with E-state index in [9.17, 15) is 4.39 Å². The number of aromatic nitrogens is 1. The monoisotopic (exact) mass is 192 g/mol. The molecule has 0 spiro atoms. The summed E-state index contributed by atoms with van der Waals surface area (Å²) in [4.78, 5) is 4.00. The van der Waals surface area contributed by atoms with E-state index >= 15 is 0 Å². The molecule has 2 aromatic rings. The normalized spacial score (nSPS) is 10.4. The Hall–Kier alpha value is -1.84. The second-order valence-electron chi connectivity index (χ2n) is 2.96. The summed E-state index contributed by atoms with van der Waals surface area (Å²) in [7, 11) is 0. The van der Waals surface area contributed by atoms with Crippen LogP contribution in [-0.4, -0.2) is 4.98 Å². The molecule has 1 heterocycles. The van der Waals surface area contributed by atoms with Crippen molar-refractivity contribution in [3.63, 3.8) is 0 Å². The SMILES string of the molecule is Cc1oc(N)nc1-c1ccc(F)cc1. The lowest BCUT2D eigenvalue weighted by atomic mass is 10.1. The molecule has 2 N–H and O–H groups in total. The van der Waals surface area contributed by atoms with Crippen molar-refractivity contribution in [2.75, 3.05) is 5.73 Å². The highest BCUT2D eigenvalue weighted by Crippen LogP contribution is 2.24. The summed E-state index contributed by atoms with van der Waals surface area (Å²) in [6.45, 7) is 1.77. The Morgan fingerprint density at radius 3 is 2.43 bits per heavy atom. The fraction of sp³-hybridized carbons (Fsp3) is 0.100. The summed E-state index contributed by atoms with van der Waals surface area (Å²) in [6.07, 6.45) is 0. The van der Waals surface area contributed by atoms with Gasteiger partial charge in [-0.1, -0.05) is 0 Å². The van der Waals surface area contributed by atoms with Gasteiger partial charge in [0.05, 0.1) is 0 Å². The van der Waals surface area contributed by atoms with Gasteiger partial charge in [-0.15, -0.1) is 0 Å². The minimum absolute atomic E-state index is 0.127. The Kier molecular flexibility index (Phi) is 1.96. The highest BCUT2D eigenvalue weighted by atomic mass is 19.1. The predicted octanol–water partition coefficient (Wildman–Crippen LogP) is 2.37. The predicted molar refractivity (Wildman–Crippen MR) is 51.0 cm³/mol. The van der Waals surface area contributed by atoms with Crippen molar-refractivity contribution < 1.29 is 8.81 Å². The van der Waals surface area contributed by atoms with Crippen LogP contribution in [0.3, 0.4) is 0 Å². The number of hydrogen-bond donors (Lipinski definition) is 1. The van der Waals surface area contributed by atoms with Gasteiger partial charge in [-0.3, -0.25) is 0 Å². The lowest BCUT2D eigenvalue weighted by Gasteiger charge is -1.95. The molecule has 1 aromatic heterocycles. The molecule has 14 heavy (non-hydrogen) atoms. The number of aryl methyl sites for hydroxylation is 1. The van der Waals surface area contributed by atoms with Crippen LogP contribution in [0.5, 0.6) is 0 Å². The zero-order chi connectivity index (χ0) is 10.1. The van der Waals surface area contributed by atoms with Crippen LogP contribution in [-0.2, 0) is 0 Å². The topological polar surface area (TPSA) is 52.0 Å². The first-order chi connectivity index (χ1) is 6.66. The molecule has 0 aliphatic rings. The highest BCUT2D eigenvalue weighted by Gasteiger charge is 2.08. The largest absolute Gasteiger partial charge is 0.429 e. The van der Waals surface area contributed by atoms with Gasteiger partial charge in [-0.05, 0) is 31.2 Å². The number of hydrogen-bond acceptors (Lipinski definition) is 3. The maximum Gasteiger partial charge on any atom is 0.292 e. The highest BCUT2D eigenvalue weighted by molar-refractivity contribution is 5.62. The average Bonchev–Trinajstić information content (AvgIpc) is 2.47. The Morgan fingerprint density at radius 2 is 1.93 bits per heavy atom. The van der Waals surface area contributed by atoms with E-state index < -0.39 is 0 Å². The Bertz CT molecular complexity index is 448. The third-order valence-corrected chi connectivity index (χ3v) is 1.93. The Labute approximate surface area is 80.4 Å². The van der Waals surface area contributed by atoms with Crippen LogP contribution in [0.4, 0.5) is 10.4 Å². The minimum Gasteiger partial charge on any atom is -0.429 e. The van der Waals surface area contributed by atoms with Crippen LogP contribution in [0, 0.1) is 12.7 Å². The van der Waals surface area contributed by atoms with Crippen molar-refractivity contribution in [3.8, 4) is 11.3 Å². The number of nitrogens with two attached hydrogens (primary N) is 1. The molecule has 1 aromatic carbocycles. The molecule has 3 nitrogen and oxygen atoms in total. The van der Waals surface area contributed by atoms with E-state index in [4.69, 9.17) is 10.2 Å². The van der Waals surface area contributed by atoms with Crippen molar-refractivity contribution in [2.45, 2.75) is 6.92 Å². The number of halogens is 1. The lowest BCUT2D eigenvalue weighted by molar-refractivity contribution is 0.548. The van der Waals surface area contributed by atoms with Gasteiger partial charge in [0.25, 0.3) is 6.01 Å². The molecule has 0 aliphatic carbocycles. The van der Waals surface area contributed by atoms with Crippen molar-refractivity contribution >= 4 is 6.01 Å². The summed E-state index contributed by atoms with van der Waals surface area (Å²) in [6, 6.07) is 6.15. The molecule has 0 atom stereocenters. The van der Waals surface area contributed by atoms with Crippen LogP contribution >= 0.6 is 0 Å². The third-order valence-electron chi connectivity index (χ3n) is 1.93. The van der Waals surface area contributed by atoms with Gasteiger partial charge in [0.1, 0.15) is 17.3 Å². The molecule has 0 amide bonds. The smallest absolute Gasteiger partial charge is 0.292 e. The number of oxazole rings is 1. The van der Waals surface area contributed by atoms with Gasteiger partial charge in [0, 0.05) is 5.56 Å².